The van der Waals surface area contributed by atoms with Gasteiger partial charge in [0.15, 0.2) is 0 Å². The first kappa shape index (κ1) is 19.6. The van der Waals surface area contributed by atoms with Crippen LogP contribution in [0.2, 0.25) is 0 Å². The Morgan fingerprint density at radius 2 is 1.79 bits per heavy atom. The Bertz CT molecular complexity index is 1000. The third-order valence-electron chi connectivity index (χ3n) is 4.95. The van der Waals surface area contributed by atoms with E-state index in [4.69, 9.17) is 0 Å². The van der Waals surface area contributed by atoms with Crippen LogP contribution in [0.25, 0.3) is 5.69 Å². The van der Waals surface area contributed by atoms with Crippen LogP contribution in [0.4, 0.5) is 0 Å². The maximum atomic E-state index is 12.0. The second kappa shape index (κ2) is 8.70. The summed E-state index contributed by atoms with van der Waals surface area (Å²) in [5.74, 6) is -0.0801. The standard InChI is InChI=1S/C24H27N3O/c1-17-10-11-18(2)23(14-17)27-19(3)15-22(20(27)4)16-25-26-24(28)13-12-21-8-6-5-7-9-21/h5-11,14-16H,12-13H2,1-4H3,(H,26,28)/b25-16-. The van der Waals surface area contributed by atoms with E-state index in [9.17, 15) is 4.79 Å². The van der Waals surface area contributed by atoms with Crippen LogP contribution in [0.1, 0.15) is 40.1 Å². The highest BCUT2D eigenvalue weighted by Gasteiger charge is 2.11. The van der Waals surface area contributed by atoms with Crippen LogP contribution in [-0.4, -0.2) is 16.7 Å². The van der Waals surface area contributed by atoms with Crippen molar-refractivity contribution >= 4 is 12.1 Å². The van der Waals surface area contributed by atoms with E-state index in [-0.39, 0.29) is 5.91 Å². The van der Waals surface area contributed by atoms with E-state index in [1.807, 2.05) is 30.3 Å². The van der Waals surface area contributed by atoms with E-state index in [0.29, 0.717) is 12.8 Å². The number of hydrogen-bond acceptors (Lipinski definition) is 2. The van der Waals surface area contributed by atoms with Gasteiger partial charge in [-0.25, -0.2) is 5.43 Å². The Morgan fingerprint density at radius 1 is 1.04 bits per heavy atom. The van der Waals surface area contributed by atoms with Gasteiger partial charge in [-0.1, -0.05) is 42.5 Å². The normalized spacial score (nSPS) is 11.1. The molecular weight excluding hydrogens is 346 g/mol. The van der Waals surface area contributed by atoms with E-state index < -0.39 is 0 Å². The second-order valence-corrected chi connectivity index (χ2v) is 7.23. The smallest absolute Gasteiger partial charge is 0.240 e. The predicted octanol–water partition coefficient (Wildman–Crippen LogP) is 4.79. The number of nitrogens with one attached hydrogen (secondary N) is 1. The van der Waals surface area contributed by atoms with Crippen LogP contribution in [0, 0.1) is 27.7 Å². The van der Waals surface area contributed by atoms with Gasteiger partial charge in [-0.15, -0.1) is 0 Å². The van der Waals surface area contributed by atoms with Gasteiger partial charge in [-0.3, -0.25) is 4.79 Å². The van der Waals surface area contributed by atoms with Gasteiger partial charge in [0.05, 0.1) is 6.21 Å². The number of carbonyl (C=O) groups is 1. The molecular formula is C24H27N3O. The maximum absolute atomic E-state index is 12.0. The molecule has 1 aromatic heterocycles. The van der Waals surface area contributed by atoms with Gasteiger partial charge in [0.25, 0.3) is 0 Å². The van der Waals surface area contributed by atoms with Crippen LogP contribution in [0.15, 0.2) is 59.7 Å². The van der Waals surface area contributed by atoms with E-state index in [1.165, 1.54) is 16.8 Å². The second-order valence-electron chi connectivity index (χ2n) is 7.23. The molecule has 4 heteroatoms. The summed E-state index contributed by atoms with van der Waals surface area (Å²) in [7, 11) is 0. The zero-order valence-corrected chi connectivity index (χ0v) is 17.0. The summed E-state index contributed by atoms with van der Waals surface area (Å²) in [6.45, 7) is 8.39. The van der Waals surface area contributed by atoms with Crippen molar-refractivity contribution in [1.29, 1.82) is 0 Å². The summed E-state index contributed by atoms with van der Waals surface area (Å²) in [4.78, 5) is 12.0. The number of aromatic nitrogens is 1. The molecule has 0 aliphatic heterocycles. The van der Waals surface area contributed by atoms with Crippen molar-refractivity contribution in [2.75, 3.05) is 0 Å². The molecule has 0 atom stereocenters. The topological polar surface area (TPSA) is 46.4 Å². The number of carbonyl (C=O) groups excluding carboxylic acids is 1. The van der Waals surface area contributed by atoms with Gasteiger partial charge >= 0.3 is 0 Å². The number of hydrogen-bond donors (Lipinski definition) is 1. The molecule has 144 valence electrons. The Hall–Kier alpha value is -3.14. The molecule has 3 rings (SSSR count). The SMILES string of the molecule is Cc1ccc(C)c(-n2c(C)cc(/C=N\NC(=O)CCc3ccccc3)c2C)c1. The minimum Gasteiger partial charge on any atom is -0.318 e. The summed E-state index contributed by atoms with van der Waals surface area (Å²) in [6.07, 6.45) is 2.86. The van der Waals surface area contributed by atoms with Crippen molar-refractivity contribution < 1.29 is 4.79 Å². The lowest BCUT2D eigenvalue weighted by molar-refractivity contribution is -0.121. The van der Waals surface area contributed by atoms with Gasteiger partial charge in [-0.2, -0.15) is 5.10 Å². The largest absolute Gasteiger partial charge is 0.318 e. The first-order chi connectivity index (χ1) is 13.5. The van der Waals surface area contributed by atoms with Crippen molar-refractivity contribution in [3.05, 3.63) is 88.2 Å². The summed E-state index contributed by atoms with van der Waals surface area (Å²) in [6, 6.07) is 18.6. The van der Waals surface area contributed by atoms with Crippen LogP contribution in [0.5, 0.6) is 0 Å². The zero-order valence-electron chi connectivity index (χ0n) is 17.0. The molecule has 0 radical (unpaired) electrons. The van der Waals surface area contributed by atoms with Crippen LogP contribution < -0.4 is 5.43 Å². The molecule has 2 aromatic carbocycles. The lowest BCUT2D eigenvalue weighted by atomic mass is 10.1. The van der Waals surface area contributed by atoms with Gasteiger partial charge < -0.3 is 4.57 Å². The van der Waals surface area contributed by atoms with Gasteiger partial charge in [-0.05, 0) is 62.9 Å². The lowest BCUT2D eigenvalue weighted by Crippen LogP contribution is -2.17. The number of rotatable bonds is 6. The highest BCUT2D eigenvalue weighted by Crippen LogP contribution is 2.23. The number of amides is 1. The van der Waals surface area contributed by atoms with E-state index in [0.717, 1.165) is 22.5 Å². The van der Waals surface area contributed by atoms with Crippen LogP contribution >= 0.6 is 0 Å². The summed E-state index contributed by atoms with van der Waals surface area (Å²) in [5.41, 5.74) is 10.7. The van der Waals surface area contributed by atoms with E-state index in [2.05, 4.69) is 67.1 Å². The quantitative estimate of drug-likeness (QED) is 0.490. The van der Waals surface area contributed by atoms with E-state index >= 15 is 0 Å². The molecule has 0 unspecified atom stereocenters. The third kappa shape index (κ3) is 4.58. The Kier molecular flexibility index (Phi) is 6.09. The third-order valence-corrected chi connectivity index (χ3v) is 4.95. The van der Waals surface area contributed by atoms with Crippen LogP contribution in [-0.2, 0) is 11.2 Å². The molecule has 0 bridgehead atoms. The van der Waals surface area contributed by atoms with Crippen LogP contribution in [0.3, 0.4) is 0 Å². The van der Waals surface area contributed by atoms with Crippen molar-refractivity contribution in [3.8, 4) is 5.69 Å². The first-order valence-electron chi connectivity index (χ1n) is 9.58. The highest BCUT2D eigenvalue weighted by atomic mass is 16.2. The molecule has 0 aliphatic rings. The fourth-order valence-electron chi connectivity index (χ4n) is 3.38. The van der Waals surface area contributed by atoms with Crippen molar-refractivity contribution in [1.82, 2.24) is 9.99 Å². The maximum Gasteiger partial charge on any atom is 0.240 e. The molecule has 0 saturated heterocycles. The molecule has 0 fully saturated rings. The monoisotopic (exact) mass is 373 g/mol. The average molecular weight is 374 g/mol. The zero-order chi connectivity index (χ0) is 20.1. The average Bonchev–Trinajstić information content (AvgIpc) is 2.96. The van der Waals surface area contributed by atoms with Crippen molar-refractivity contribution in [3.63, 3.8) is 0 Å². The molecule has 1 heterocycles. The molecule has 0 spiro atoms. The predicted molar refractivity (Wildman–Crippen MR) is 115 cm³/mol. The number of nitrogens with zero attached hydrogens (tertiary/aromatic N) is 2. The van der Waals surface area contributed by atoms with Gasteiger partial charge in [0.1, 0.15) is 0 Å². The molecule has 0 saturated carbocycles. The summed E-state index contributed by atoms with van der Waals surface area (Å²) < 4.78 is 2.24. The number of aryl methyl sites for hydroxylation is 4. The van der Waals surface area contributed by atoms with Gasteiger partial charge in [0, 0.05) is 29.1 Å². The molecule has 1 N–H and O–H groups in total. The van der Waals surface area contributed by atoms with Gasteiger partial charge in [0.2, 0.25) is 5.91 Å². The molecule has 28 heavy (non-hydrogen) atoms. The summed E-state index contributed by atoms with van der Waals surface area (Å²) >= 11 is 0. The van der Waals surface area contributed by atoms with E-state index in [1.54, 1.807) is 6.21 Å². The number of hydrazone groups is 1. The minimum absolute atomic E-state index is 0.0801. The van der Waals surface area contributed by atoms with Crippen molar-refractivity contribution in [2.45, 2.75) is 40.5 Å². The highest BCUT2D eigenvalue weighted by molar-refractivity contribution is 5.84. The summed E-state index contributed by atoms with van der Waals surface area (Å²) in [5, 5.41) is 4.16. The minimum atomic E-state index is -0.0801. The number of benzene rings is 2. The molecule has 0 aliphatic carbocycles. The molecule has 1 amide bonds. The Labute approximate surface area is 166 Å². The molecule has 4 nitrogen and oxygen atoms in total. The first-order valence-corrected chi connectivity index (χ1v) is 9.58. The fourth-order valence-corrected chi connectivity index (χ4v) is 3.38. The fraction of sp³-hybridized carbons (Fsp3) is 0.250. The van der Waals surface area contributed by atoms with Crippen molar-refractivity contribution in [2.24, 2.45) is 5.10 Å². The molecule has 3 aromatic rings. The lowest BCUT2D eigenvalue weighted by Gasteiger charge is -2.13. The Morgan fingerprint density at radius 3 is 2.54 bits per heavy atom. The Balaban J connectivity index is 1.68.